The number of hydrogen-bond donors (Lipinski definition) is 1. The van der Waals surface area contributed by atoms with Gasteiger partial charge in [0, 0.05) is 18.8 Å². The molecule has 1 unspecified atom stereocenters. The lowest BCUT2D eigenvalue weighted by atomic mass is 10.3. The van der Waals surface area contributed by atoms with Gasteiger partial charge in [0.1, 0.15) is 6.04 Å². The number of hydrogen-bond acceptors (Lipinski definition) is 3. The van der Waals surface area contributed by atoms with Crippen molar-refractivity contribution in [2.45, 2.75) is 46.7 Å². The zero-order valence-corrected chi connectivity index (χ0v) is 14.2. The standard InChI is InChI=1S/C15H22ClN5O/c1-10-8-11(2)20(19-10)7-5-6-17-15(22)13(4)21-12(3)14(16)9-18-21/h8-9,13H,5-7H2,1-4H3,(H,17,22). The molecule has 0 spiro atoms. The second kappa shape index (κ2) is 6.96. The first-order valence-corrected chi connectivity index (χ1v) is 7.76. The molecule has 2 rings (SSSR count). The molecular weight excluding hydrogens is 302 g/mol. The van der Waals surface area contributed by atoms with Crippen LogP contribution in [0.25, 0.3) is 0 Å². The first-order chi connectivity index (χ1) is 10.4. The molecule has 0 bridgehead atoms. The van der Waals surface area contributed by atoms with Gasteiger partial charge in [0.25, 0.3) is 0 Å². The van der Waals surface area contributed by atoms with Crippen LogP contribution in [0, 0.1) is 20.8 Å². The molecule has 6 nitrogen and oxygen atoms in total. The van der Waals surface area contributed by atoms with Crippen LogP contribution in [0.5, 0.6) is 0 Å². The molecule has 0 aliphatic rings. The zero-order chi connectivity index (χ0) is 16.3. The molecule has 1 N–H and O–H groups in total. The summed E-state index contributed by atoms with van der Waals surface area (Å²) in [6, 6.07) is 1.67. The molecule has 0 fully saturated rings. The number of carbonyl (C=O) groups excluding carboxylic acids is 1. The largest absolute Gasteiger partial charge is 0.354 e. The van der Waals surface area contributed by atoms with Gasteiger partial charge in [-0.25, -0.2) is 0 Å². The molecule has 0 aliphatic carbocycles. The van der Waals surface area contributed by atoms with Crippen molar-refractivity contribution in [3.05, 3.63) is 34.4 Å². The van der Waals surface area contributed by atoms with Gasteiger partial charge in [-0.2, -0.15) is 10.2 Å². The highest BCUT2D eigenvalue weighted by Gasteiger charge is 2.18. The van der Waals surface area contributed by atoms with Crippen LogP contribution in [0.1, 0.15) is 36.5 Å². The summed E-state index contributed by atoms with van der Waals surface area (Å²) in [4.78, 5) is 12.1. The highest BCUT2D eigenvalue weighted by Crippen LogP contribution is 2.17. The van der Waals surface area contributed by atoms with Gasteiger partial charge in [0.2, 0.25) is 5.91 Å². The third kappa shape index (κ3) is 3.68. The van der Waals surface area contributed by atoms with Crippen LogP contribution in [-0.4, -0.2) is 32.0 Å². The Kier molecular flexibility index (Phi) is 5.24. The van der Waals surface area contributed by atoms with E-state index in [0.29, 0.717) is 11.6 Å². The Morgan fingerprint density at radius 3 is 2.68 bits per heavy atom. The van der Waals surface area contributed by atoms with Crippen molar-refractivity contribution in [2.24, 2.45) is 0 Å². The van der Waals surface area contributed by atoms with E-state index < -0.39 is 0 Å². The third-order valence-electron chi connectivity index (χ3n) is 3.68. The minimum Gasteiger partial charge on any atom is -0.354 e. The highest BCUT2D eigenvalue weighted by molar-refractivity contribution is 6.31. The van der Waals surface area contributed by atoms with E-state index in [1.165, 1.54) is 0 Å². The van der Waals surface area contributed by atoms with Crippen LogP contribution in [0.15, 0.2) is 12.3 Å². The van der Waals surface area contributed by atoms with Gasteiger partial charge in [-0.05, 0) is 40.2 Å². The van der Waals surface area contributed by atoms with E-state index >= 15 is 0 Å². The third-order valence-corrected chi connectivity index (χ3v) is 4.05. The molecule has 0 saturated heterocycles. The Morgan fingerprint density at radius 2 is 2.14 bits per heavy atom. The molecule has 1 amide bonds. The number of amides is 1. The Hall–Kier alpha value is -1.82. The molecule has 22 heavy (non-hydrogen) atoms. The first kappa shape index (κ1) is 16.5. The maximum atomic E-state index is 12.1. The van der Waals surface area contributed by atoms with Gasteiger partial charge in [0.05, 0.1) is 22.6 Å². The minimum absolute atomic E-state index is 0.0590. The molecule has 1 atom stereocenters. The Morgan fingerprint density at radius 1 is 1.41 bits per heavy atom. The van der Waals surface area contributed by atoms with Crippen molar-refractivity contribution in [2.75, 3.05) is 6.54 Å². The average Bonchev–Trinajstić information content (AvgIpc) is 2.97. The van der Waals surface area contributed by atoms with Crippen molar-refractivity contribution >= 4 is 17.5 Å². The van der Waals surface area contributed by atoms with Crippen LogP contribution in [0.2, 0.25) is 5.02 Å². The number of aryl methyl sites for hydroxylation is 3. The van der Waals surface area contributed by atoms with Crippen molar-refractivity contribution < 1.29 is 4.79 Å². The molecule has 0 saturated carbocycles. The number of aromatic nitrogens is 4. The number of carbonyl (C=O) groups is 1. The second-order valence-corrected chi connectivity index (χ2v) is 5.90. The normalized spacial score (nSPS) is 12.4. The van der Waals surface area contributed by atoms with Gasteiger partial charge in [-0.15, -0.1) is 0 Å². The van der Waals surface area contributed by atoms with E-state index in [4.69, 9.17) is 11.6 Å². The molecule has 0 aromatic carbocycles. The molecule has 2 heterocycles. The fourth-order valence-electron chi connectivity index (χ4n) is 2.39. The number of nitrogens with zero attached hydrogens (tertiary/aromatic N) is 4. The number of rotatable bonds is 6. The monoisotopic (exact) mass is 323 g/mol. The topological polar surface area (TPSA) is 64.7 Å². The van der Waals surface area contributed by atoms with E-state index in [2.05, 4.69) is 15.5 Å². The van der Waals surface area contributed by atoms with Crippen molar-refractivity contribution in [1.29, 1.82) is 0 Å². The van der Waals surface area contributed by atoms with Gasteiger partial charge in [-0.3, -0.25) is 14.2 Å². The Balaban J connectivity index is 1.80. The molecule has 2 aromatic rings. The summed E-state index contributed by atoms with van der Waals surface area (Å²) in [5, 5.41) is 12.0. The lowest BCUT2D eigenvalue weighted by molar-refractivity contribution is -0.124. The SMILES string of the molecule is Cc1cc(C)n(CCCNC(=O)C(C)n2ncc(Cl)c2C)n1. The summed E-state index contributed by atoms with van der Waals surface area (Å²) in [5.74, 6) is -0.0590. The van der Waals surface area contributed by atoms with E-state index in [1.807, 2.05) is 38.4 Å². The molecule has 0 radical (unpaired) electrons. The van der Waals surface area contributed by atoms with Crippen LogP contribution >= 0.6 is 11.6 Å². The van der Waals surface area contributed by atoms with Crippen LogP contribution in [0.3, 0.4) is 0 Å². The van der Waals surface area contributed by atoms with Gasteiger partial charge < -0.3 is 5.32 Å². The van der Waals surface area contributed by atoms with Crippen molar-refractivity contribution in [1.82, 2.24) is 24.9 Å². The molecular formula is C15H22ClN5O. The van der Waals surface area contributed by atoms with E-state index in [9.17, 15) is 4.79 Å². The summed E-state index contributed by atoms with van der Waals surface area (Å²) in [7, 11) is 0. The fourth-order valence-corrected chi connectivity index (χ4v) is 2.52. The minimum atomic E-state index is -0.374. The van der Waals surface area contributed by atoms with Crippen molar-refractivity contribution in [3.63, 3.8) is 0 Å². The average molecular weight is 324 g/mol. The summed E-state index contributed by atoms with van der Waals surface area (Å²) >= 11 is 5.96. The van der Waals surface area contributed by atoms with Crippen molar-refractivity contribution in [3.8, 4) is 0 Å². The smallest absolute Gasteiger partial charge is 0.244 e. The molecule has 2 aromatic heterocycles. The van der Waals surface area contributed by atoms with E-state index in [0.717, 1.165) is 30.0 Å². The van der Waals surface area contributed by atoms with Crippen LogP contribution in [0.4, 0.5) is 0 Å². The molecule has 120 valence electrons. The van der Waals surface area contributed by atoms with Crippen LogP contribution < -0.4 is 5.32 Å². The lowest BCUT2D eigenvalue weighted by Crippen LogP contribution is -2.33. The number of halogens is 1. The van der Waals surface area contributed by atoms with Crippen LogP contribution in [-0.2, 0) is 11.3 Å². The highest BCUT2D eigenvalue weighted by atomic mass is 35.5. The van der Waals surface area contributed by atoms with E-state index in [1.54, 1.807) is 10.9 Å². The molecule has 7 heteroatoms. The van der Waals surface area contributed by atoms with Gasteiger partial charge in [-0.1, -0.05) is 11.6 Å². The van der Waals surface area contributed by atoms with E-state index in [-0.39, 0.29) is 11.9 Å². The Labute approximate surface area is 135 Å². The van der Waals surface area contributed by atoms with Gasteiger partial charge in [0.15, 0.2) is 0 Å². The quantitative estimate of drug-likeness (QED) is 0.830. The summed E-state index contributed by atoms with van der Waals surface area (Å²) in [6.07, 6.45) is 2.39. The lowest BCUT2D eigenvalue weighted by Gasteiger charge is -2.14. The molecule has 0 aliphatic heterocycles. The zero-order valence-electron chi connectivity index (χ0n) is 13.4. The summed E-state index contributed by atoms with van der Waals surface area (Å²) in [5.41, 5.74) is 2.95. The maximum absolute atomic E-state index is 12.1. The Bertz CT molecular complexity index is 661. The summed E-state index contributed by atoms with van der Waals surface area (Å²) < 4.78 is 3.60. The first-order valence-electron chi connectivity index (χ1n) is 7.38. The predicted molar refractivity (Wildman–Crippen MR) is 86.0 cm³/mol. The summed E-state index contributed by atoms with van der Waals surface area (Å²) in [6.45, 7) is 9.07. The number of nitrogens with one attached hydrogen (secondary N) is 1. The predicted octanol–water partition coefficient (Wildman–Crippen LogP) is 2.43. The second-order valence-electron chi connectivity index (χ2n) is 5.49. The maximum Gasteiger partial charge on any atom is 0.244 e. The van der Waals surface area contributed by atoms with Gasteiger partial charge >= 0.3 is 0 Å². The fraction of sp³-hybridized carbons (Fsp3) is 0.533.